The topological polar surface area (TPSA) is 134 Å². The van der Waals surface area contributed by atoms with Gasteiger partial charge in [-0.15, -0.1) is 0 Å². The highest BCUT2D eigenvalue weighted by Crippen LogP contribution is 2.30. The van der Waals surface area contributed by atoms with Crippen molar-refractivity contribution in [1.82, 2.24) is 19.7 Å². The molecular formula is C19H22N8O2. The van der Waals surface area contributed by atoms with Gasteiger partial charge in [0.05, 0.1) is 19.9 Å². The van der Waals surface area contributed by atoms with Crippen LogP contribution in [0.15, 0.2) is 35.6 Å². The third-order valence-corrected chi connectivity index (χ3v) is 5.27. The summed E-state index contributed by atoms with van der Waals surface area (Å²) < 4.78 is 7.18. The molecule has 1 aromatic carbocycles. The molecule has 0 saturated heterocycles. The largest absolute Gasteiger partial charge is 0.496 e. The van der Waals surface area contributed by atoms with Gasteiger partial charge in [0.15, 0.2) is 11.3 Å². The summed E-state index contributed by atoms with van der Waals surface area (Å²) in [6.07, 6.45) is 4.75. The van der Waals surface area contributed by atoms with E-state index in [0.29, 0.717) is 23.4 Å². The molecule has 10 nitrogen and oxygen atoms in total. The first-order valence-electron chi connectivity index (χ1n) is 9.51. The number of rotatable bonds is 7. The third kappa shape index (κ3) is 3.94. The van der Waals surface area contributed by atoms with Crippen molar-refractivity contribution in [1.29, 1.82) is 0 Å². The van der Waals surface area contributed by atoms with E-state index in [0.717, 1.165) is 30.6 Å². The average Bonchev–Trinajstić information content (AvgIpc) is 3.35. The molecular weight excluding hydrogens is 372 g/mol. The molecule has 29 heavy (non-hydrogen) atoms. The van der Waals surface area contributed by atoms with E-state index in [1.54, 1.807) is 18.0 Å². The zero-order valence-electron chi connectivity index (χ0n) is 16.1. The Balaban J connectivity index is 1.71. The Kier molecular flexibility index (Phi) is 5.46. The summed E-state index contributed by atoms with van der Waals surface area (Å²) in [6.45, 7) is 0.622. The SMILES string of the molecule is COc1ccccc1Cn1cc2nc(N=[N+]=[N-])nc(NC3CCCC3CO)c2n1. The first-order chi connectivity index (χ1) is 14.2. The number of ether oxygens (including phenoxy) is 1. The lowest BCUT2D eigenvalue weighted by molar-refractivity contribution is 0.222. The van der Waals surface area contributed by atoms with Crippen LogP contribution in [0.2, 0.25) is 0 Å². The number of azide groups is 1. The van der Waals surface area contributed by atoms with Gasteiger partial charge in [-0.2, -0.15) is 5.10 Å². The molecule has 1 fully saturated rings. The minimum absolute atomic E-state index is 0.0397. The van der Waals surface area contributed by atoms with E-state index in [2.05, 4.69) is 30.4 Å². The number of nitrogens with zero attached hydrogens (tertiary/aromatic N) is 7. The van der Waals surface area contributed by atoms with Gasteiger partial charge >= 0.3 is 0 Å². The zero-order chi connectivity index (χ0) is 20.2. The van der Waals surface area contributed by atoms with Crippen LogP contribution in [-0.4, -0.2) is 44.6 Å². The Bertz CT molecular complexity index is 1060. The minimum Gasteiger partial charge on any atom is -0.496 e. The fraction of sp³-hybridized carbons (Fsp3) is 0.421. The van der Waals surface area contributed by atoms with Crippen molar-refractivity contribution in [2.24, 2.45) is 11.0 Å². The molecule has 2 N–H and O–H groups in total. The molecule has 0 radical (unpaired) electrons. The van der Waals surface area contributed by atoms with Gasteiger partial charge in [0, 0.05) is 29.0 Å². The zero-order valence-corrected chi connectivity index (χ0v) is 16.1. The summed E-state index contributed by atoms with van der Waals surface area (Å²) in [5, 5.41) is 21.2. The molecule has 2 aromatic heterocycles. The van der Waals surface area contributed by atoms with Crippen LogP contribution in [0.4, 0.5) is 11.8 Å². The number of fused-ring (bicyclic) bond motifs is 1. The van der Waals surface area contributed by atoms with E-state index in [9.17, 15) is 5.11 Å². The fourth-order valence-electron chi connectivity index (χ4n) is 3.84. The number of anilines is 1. The average molecular weight is 394 g/mol. The highest BCUT2D eigenvalue weighted by molar-refractivity contribution is 5.85. The Morgan fingerprint density at radius 1 is 1.34 bits per heavy atom. The van der Waals surface area contributed by atoms with Crippen molar-refractivity contribution in [3.63, 3.8) is 0 Å². The Hall–Kier alpha value is -3.36. The Morgan fingerprint density at radius 3 is 3.00 bits per heavy atom. The van der Waals surface area contributed by atoms with Gasteiger partial charge in [-0.3, -0.25) is 4.68 Å². The quantitative estimate of drug-likeness (QED) is 0.358. The normalized spacial score (nSPS) is 18.6. The number of aliphatic hydroxyl groups excluding tert-OH is 1. The van der Waals surface area contributed by atoms with Crippen LogP contribution >= 0.6 is 0 Å². The second-order valence-electron chi connectivity index (χ2n) is 7.06. The van der Waals surface area contributed by atoms with Crippen molar-refractivity contribution in [3.05, 3.63) is 46.5 Å². The fourth-order valence-corrected chi connectivity index (χ4v) is 3.84. The first kappa shape index (κ1) is 19.0. The van der Waals surface area contributed by atoms with Gasteiger partial charge < -0.3 is 15.2 Å². The van der Waals surface area contributed by atoms with Gasteiger partial charge in [0.25, 0.3) is 0 Å². The molecule has 10 heteroatoms. The van der Waals surface area contributed by atoms with Crippen LogP contribution in [0, 0.1) is 5.92 Å². The number of hydrogen-bond acceptors (Lipinski definition) is 7. The van der Waals surface area contributed by atoms with Crippen LogP contribution in [0.25, 0.3) is 21.5 Å². The number of benzene rings is 1. The first-order valence-corrected chi connectivity index (χ1v) is 9.51. The van der Waals surface area contributed by atoms with E-state index in [4.69, 9.17) is 10.3 Å². The lowest BCUT2D eigenvalue weighted by atomic mass is 10.1. The second kappa shape index (κ2) is 8.34. The molecule has 0 spiro atoms. The number of aromatic nitrogens is 4. The summed E-state index contributed by atoms with van der Waals surface area (Å²) in [4.78, 5) is 11.5. The number of methoxy groups -OCH3 is 1. The molecule has 2 heterocycles. The van der Waals surface area contributed by atoms with Crippen LogP contribution in [0.1, 0.15) is 24.8 Å². The number of aliphatic hydroxyl groups is 1. The van der Waals surface area contributed by atoms with E-state index < -0.39 is 0 Å². The summed E-state index contributed by atoms with van der Waals surface area (Å²) in [5.74, 6) is 1.50. The molecule has 0 bridgehead atoms. The maximum Gasteiger partial charge on any atom is 0.219 e. The molecule has 3 aromatic rings. The van der Waals surface area contributed by atoms with E-state index in [1.165, 1.54) is 0 Å². The van der Waals surface area contributed by atoms with Gasteiger partial charge in [-0.25, -0.2) is 9.97 Å². The molecule has 0 amide bonds. The van der Waals surface area contributed by atoms with Crippen LogP contribution in [0.3, 0.4) is 0 Å². The molecule has 1 aliphatic rings. The Labute approximate surface area is 167 Å². The molecule has 2 unspecified atom stereocenters. The predicted molar refractivity (Wildman–Crippen MR) is 108 cm³/mol. The van der Waals surface area contributed by atoms with Gasteiger partial charge in [-0.05, 0) is 29.6 Å². The molecule has 150 valence electrons. The van der Waals surface area contributed by atoms with E-state index >= 15 is 0 Å². The molecule has 0 aliphatic heterocycles. The van der Waals surface area contributed by atoms with Crippen LogP contribution in [0.5, 0.6) is 5.75 Å². The predicted octanol–water partition coefficient (Wildman–Crippen LogP) is 3.40. The standard InChI is InChI=1S/C19H22N8O2/c1-29-16-8-3-2-5-12(16)9-27-10-15-17(25-27)18(23-19(22-15)24-26-20)21-14-7-4-6-13(14)11-28/h2-3,5,8,10,13-14,28H,4,6-7,9,11H2,1H3,(H,21,22,23). The number of nitrogens with one attached hydrogen (secondary N) is 1. The van der Waals surface area contributed by atoms with Crippen molar-refractivity contribution in [3.8, 4) is 5.75 Å². The summed E-state index contributed by atoms with van der Waals surface area (Å²) in [7, 11) is 1.64. The van der Waals surface area contributed by atoms with E-state index in [1.807, 2.05) is 24.3 Å². The molecule has 4 rings (SSSR count). The third-order valence-electron chi connectivity index (χ3n) is 5.27. The van der Waals surface area contributed by atoms with Crippen LogP contribution in [-0.2, 0) is 6.54 Å². The highest BCUT2D eigenvalue weighted by Gasteiger charge is 2.28. The summed E-state index contributed by atoms with van der Waals surface area (Å²) >= 11 is 0. The minimum atomic E-state index is 0.0397. The summed E-state index contributed by atoms with van der Waals surface area (Å²) in [6, 6.07) is 7.84. The van der Waals surface area contributed by atoms with Crippen molar-refractivity contribution in [2.45, 2.75) is 31.8 Å². The van der Waals surface area contributed by atoms with Crippen molar-refractivity contribution in [2.75, 3.05) is 19.0 Å². The van der Waals surface area contributed by atoms with Crippen LogP contribution < -0.4 is 10.1 Å². The van der Waals surface area contributed by atoms with Gasteiger partial charge in [-0.1, -0.05) is 24.6 Å². The molecule has 1 saturated carbocycles. The molecule has 2 atom stereocenters. The number of hydrogen-bond donors (Lipinski definition) is 2. The maximum atomic E-state index is 9.61. The van der Waals surface area contributed by atoms with Crippen molar-refractivity contribution < 1.29 is 9.84 Å². The van der Waals surface area contributed by atoms with Gasteiger partial charge in [0.1, 0.15) is 11.3 Å². The second-order valence-corrected chi connectivity index (χ2v) is 7.06. The lowest BCUT2D eigenvalue weighted by Gasteiger charge is -2.19. The molecule has 1 aliphatic carbocycles. The highest BCUT2D eigenvalue weighted by atomic mass is 16.5. The summed E-state index contributed by atoms with van der Waals surface area (Å²) in [5.41, 5.74) is 11.0. The van der Waals surface area contributed by atoms with E-state index in [-0.39, 0.29) is 24.5 Å². The van der Waals surface area contributed by atoms with Crippen molar-refractivity contribution >= 4 is 22.8 Å². The number of para-hydroxylation sites is 1. The smallest absolute Gasteiger partial charge is 0.219 e. The monoisotopic (exact) mass is 394 g/mol. The van der Waals surface area contributed by atoms with Gasteiger partial charge in [0.2, 0.25) is 5.95 Å². The Morgan fingerprint density at radius 2 is 2.21 bits per heavy atom. The maximum absolute atomic E-state index is 9.61. The lowest BCUT2D eigenvalue weighted by Crippen LogP contribution is -2.27.